The van der Waals surface area contributed by atoms with E-state index in [9.17, 15) is 0 Å². The predicted octanol–water partition coefficient (Wildman–Crippen LogP) is 1.38. The highest BCUT2D eigenvalue weighted by Gasteiger charge is 1.84. The SMILES string of the molecule is CCCP(C)N. The summed E-state index contributed by atoms with van der Waals surface area (Å²) in [6, 6.07) is 0. The minimum Gasteiger partial charge on any atom is -0.310 e. The molecule has 6 heavy (non-hydrogen) atoms. The van der Waals surface area contributed by atoms with Gasteiger partial charge < -0.3 is 5.50 Å². The highest BCUT2D eigenvalue weighted by Crippen LogP contribution is 2.18. The number of hydrogen-bond donors (Lipinski definition) is 1. The van der Waals surface area contributed by atoms with E-state index in [0.717, 1.165) is 0 Å². The molecule has 1 atom stereocenters. The zero-order valence-corrected chi connectivity index (χ0v) is 5.33. The summed E-state index contributed by atoms with van der Waals surface area (Å²) in [4.78, 5) is 0. The van der Waals surface area contributed by atoms with Crippen LogP contribution in [-0.2, 0) is 0 Å². The van der Waals surface area contributed by atoms with Gasteiger partial charge in [0, 0.05) is 0 Å². The largest absolute Gasteiger partial charge is 0.310 e. The van der Waals surface area contributed by atoms with E-state index < -0.39 is 0 Å². The molecular weight excluding hydrogens is 93.0 g/mol. The van der Waals surface area contributed by atoms with Crippen LogP contribution in [0.15, 0.2) is 0 Å². The minimum atomic E-state index is -0.101. The van der Waals surface area contributed by atoms with Crippen molar-refractivity contribution in [3.8, 4) is 0 Å². The van der Waals surface area contributed by atoms with Crippen LogP contribution >= 0.6 is 8.07 Å². The Bertz CT molecular complexity index is 28.7. The van der Waals surface area contributed by atoms with Crippen molar-refractivity contribution in [1.82, 2.24) is 0 Å². The third-order valence-electron chi connectivity index (χ3n) is 0.576. The molecule has 0 radical (unpaired) electrons. The molecule has 1 nitrogen and oxygen atoms in total. The monoisotopic (exact) mass is 105 g/mol. The topological polar surface area (TPSA) is 26.0 Å². The summed E-state index contributed by atoms with van der Waals surface area (Å²) in [6.45, 7) is 4.25. The van der Waals surface area contributed by atoms with E-state index in [0.29, 0.717) is 0 Å². The summed E-state index contributed by atoms with van der Waals surface area (Å²) in [7, 11) is -0.101. The molecule has 2 N–H and O–H groups in total. The molecule has 0 heterocycles. The Kier molecular flexibility index (Phi) is 3.81. The van der Waals surface area contributed by atoms with Crippen molar-refractivity contribution >= 4 is 8.07 Å². The smallest absolute Gasteiger partial charge is 0.0202 e. The van der Waals surface area contributed by atoms with Crippen molar-refractivity contribution in [1.29, 1.82) is 0 Å². The van der Waals surface area contributed by atoms with Gasteiger partial charge in [-0.1, -0.05) is 13.3 Å². The molecule has 2 heteroatoms. The second kappa shape index (κ2) is 3.58. The fraction of sp³-hybridized carbons (Fsp3) is 1.00. The molecule has 0 amide bonds. The molecule has 0 aromatic carbocycles. The molecule has 1 unspecified atom stereocenters. The van der Waals surface area contributed by atoms with Crippen molar-refractivity contribution in [2.45, 2.75) is 13.3 Å². The van der Waals surface area contributed by atoms with Crippen molar-refractivity contribution in [3.05, 3.63) is 0 Å². The van der Waals surface area contributed by atoms with Crippen LogP contribution in [0.4, 0.5) is 0 Å². The molecule has 0 saturated heterocycles. The molecule has 0 fully saturated rings. The number of hydrogen-bond acceptors (Lipinski definition) is 1. The third-order valence-corrected chi connectivity index (χ3v) is 1.73. The van der Waals surface area contributed by atoms with Crippen molar-refractivity contribution < 1.29 is 0 Å². The van der Waals surface area contributed by atoms with Gasteiger partial charge in [0.2, 0.25) is 0 Å². The molecular formula is C4H12NP. The van der Waals surface area contributed by atoms with Gasteiger partial charge in [-0.15, -0.1) is 0 Å². The van der Waals surface area contributed by atoms with Gasteiger partial charge in [-0.25, -0.2) is 0 Å². The van der Waals surface area contributed by atoms with Crippen molar-refractivity contribution in [2.75, 3.05) is 12.8 Å². The van der Waals surface area contributed by atoms with Crippen LogP contribution in [0.3, 0.4) is 0 Å². The lowest BCUT2D eigenvalue weighted by Gasteiger charge is -1.97. The van der Waals surface area contributed by atoms with Gasteiger partial charge in [-0.3, -0.25) is 0 Å². The highest BCUT2D eigenvalue weighted by molar-refractivity contribution is 7.54. The summed E-state index contributed by atoms with van der Waals surface area (Å²) in [6.07, 6.45) is 2.45. The fourth-order valence-electron chi connectivity index (χ4n) is 0.353. The van der Waals surface area contributed by atoms with E-state index in [1.807, 2.05) is 0 Å². The van der Waals surface area contributed by atoms with Gasteiger partial charge in [0.25, 0.3) is 0 Å². The van der Waals surface area contributed by atoms with Gasteiger partial charge >= 0.3 is 0 Å². The maximum atomic E-state index is 5.47. The summed E-state index contributed by atoms with van der Waals surface area (Å²) >= 11 is 0. The summed E-state index contributed by atoms with van der Waals surface area (Å²) in [5, 5.41) is 0. The van der Waals surface area contributed by atoms with E-state index in [4.69, 9.17) is 5.50 Å². The van der Waals surface area contributed by atoms with Crippen molar-refractivity contribution in [3.63, 3.8) is 0 Å². The maximum absolute atomic E-state index is 5.47. The third kappa shape index (κ3) is 4.39. The Balaban J connectivity index is 2.63. The number of nitrogens with two attached hydrogens (primary N) is 1. The standard InChI is InChI=1S/C4H12NP/c1-3-4-6(2)5/h3-5H2,1-2H3. The van der Waals surface area contributed by atoms with Crippen molar-refractivity contribution in [2.24, 2.45) is 5.50 Å². The Morgan fingerprint density at radius 2 is 2.17 bits per heavy atom. The number of rotatable bonds is 2. The van der Waals surface area contributed by atoms with Crippen LogP contribution in [-0.4, -0.2) is 12.8 Å². The molecule has 0 aromatic heterocycles. The zero-order valence-electron chi connectivity index (χ0n) is 4.44. The van der Waals surface area contributed by atoms with Crippen LogP contribution in [0.2, 0.25) is 0 Å². The molecule has 0 aliphatic carbocycles. The summed E-state index contributed by atoms with van der Waals surface area (Å²) in [5.41, 5.74) is 5.47. The van der Waals surface area contributed by atoms with Gasteiger partial charge in [-0.05, 0) is 20.9 Å². The van der Waals surface area contributed by atoms with Crippen LogP contribution in [0.25, 0.3) is 0 Å². The predicted molar refractivity (Wildman–Crippen MR) is 32.2 cm³/mol. The Labute approximate surface area is 40.7 Å². The maximum Gasteiger partial charge on any atom is -0.0202 e. The lowest BCUT2D eigenvalue weighted by atomic mass is 10.6. The highest BCUT2D eigenvalue weighted by atomic mass is 31.1. The average Bonchev–Trinajstić information content (AvgIpc) is 1.35. The summed E-state index contributed by atoms with van der Waals surface area (Å²) in [5.74, 6) is 0. The molecule has 0 rings (SSSR count). The molecule has 0 saturated carbocycles. The van der Waals surface area contributed by atoms with Crippen LogP contribution < -0.4 is 5.50 Å². The van der Waals surface area contributed by atoms with E-state index in [2.05, 4.69) is 13.6 Å². The summed E-state index contributed by atoms with van der Waals surface area (Å²) < 4.78 is 0. The first-order valence-corrected chi connectivity index (χ1v) is 4.27. The van der Waals surface area contributed by atoms with E-state index in [1.54, 1.807) is 0 Å². The van der Waals surface area contributed by atoms with E-state index in [1.165, 1.54) is 12.6 Å². The lowest BCUT2D eigenvalue weighted by Crippen LogP contribution is -1.88. The second-order valence-electron chi connectivity index (χ2n) is 1.48. The van der Waals surface area contributed by atoms with Crippen LogP contribution in [0.5, 0.6) is 0 Å². The van der Waals surface area contributed by atoms with Crippen LogP contribution in [0.1, 0.15) is 13.3 Å². The van der Waals surface area contributed by atoms with Gasteiger partial charge in [0.05, 0.1) is 0 Å². The quantitative estimate of drug-likeness (QED) is 0.527. The first-order valence-electron chi connectivity index (χ1n) is 2.23. The molecule has 0 bridgehead atoms. The minimum absolute atomic E-state index is 0.101. The Morgan fingerprint density at radius 3 is 2.17 bits per heavy atom. The molecule has 0 aliphatic rings. The van der Waals surface area contributed by atoms with Crippen LogP contribution in [0, 0.1) is 0 Å². The average molecular weight is 105 g/mol. The molecule has 38 valence electrons. The van der Waals surface area contributed by atoms with E-state index in [-0.39, 0.29) is 8.07 Å². The van der Waals surface area contributed by atoms with Gasteiger partial charge in [-0.2, -0.15) is 0 Å². The molecule has 0 aliphatic heterocycles. The van der Waals surface area contributed by atoms with Gasteiger partial charge in [0.1, 0.15) is 0 Å². The normalized spacial score (nSPS) is 14.5. The first-order chi connectivity index (χ1) is 2.77. The molecule has 0 spiro atoms. The molecule has 0 aromatic rings. The fourth-order valence-corrected chi connectivity index (χ4v) is 1.06. The lowest BCUT2D eigenvalue weighted by molar-refractivity contribution is 1.09. The van der Waals surface area contributed by atoms with Gasteiger partial charge in [0.15, 0.2) is 0 Å². The first kappa shape index (κ1) is 6.39. The Hall–Kier alpha value is 0.390. The van der Waals surface area contributed by atoms with E-state index >= 15 is 0 Å². The zero-order chi connectivity index (χ0) is 4.99. The Morgan fingerprint density at radius 1 is 1.67 bits per heavy atom. The second-order valence-corrected chi connectivity index (χ2v) is 3.44.